The molecule has 2 aromatic carbocycles. The fourth-order valence-electron chi connectivity index (χ4n) is 2.23. The summed E-state index contributed by atoms with van der Waals surface area (Å²) < 4.78 is 10.5. The van der Waals surface area contributed by atoms with Crippen LogP contribution in [0.25, 0.3) is 0 Å². The van der Waals surface area contributed by atoms with Crippen molar-refractivity contribution in [2.75, 3.05) is 6.61 Å². The Morgan fingerprint density at radius 2 is 1.71 bits per heavy atom. The average Bonchev–Trinajstić information content (AvgIpc) is 2.71. The molecule has 7 heteroatoms. The molecule has 28 heavy (non-hydrogen) atoms. The Bertz CT molecular complexity index is 883. The molecule has 2 aromatic rings. The van der Waals surface area contributed by atoms with Crippen LogP contribution in [-0.4, -0.2) is 30.4 Å². The predicted molar refractivity (Wildman–Crippen MR) is 100 cm³/mol. The number of hydrogen-bond donors (Lipinski definition) is 1. The fourth-order valence-corrected chi connectivity index (χ4v) is 2.23. The fraction of sp³-hybridized carbons (Fsp3) is 0.238. The maximum absolute atomic E-state index is 12.2. The van der Waals surface area contributed by atoms with E-state index in [1.165, 1.54) is 13.8 Å². The lowest BCUT2D eigenvalue weighted by molar-refractivity contribution is -0.149. The molecule has 2 rings (SSSR count). The molecule has 0 heterocycles. The number of nitrogens with one attached hydrogen (secondary N) is 1. The maximum Gasteiger partial charge on any atom is 0.347 e. The first-order valence-electron chi connectivity index (χ1n) is 8.59. The smallest absolute Gasteiger partial charge is 0.347 e. The molecule has 1 amide bonds. The molecule has 0 aromatic heterocycles. The number of carbonyl (C=O) groups is 3. The summed E-state index contributed by atoms with van der Waals surface area (Å²) in [6.07, 6.45) is -0.902. The quantitative estimate of drug-likeness (QED) is 0.557. The van der Waals surface area contributed by atoms with Gasteiger partial charge >= 0.3 is 5.97 Å². The van der Waals surface area contributed by atoms with Crippen molar-refractivity contribution in [3.63, 3.8) is 0 Å². The van der Waals surface area contributed by atoms with Crippen molar-refractivity contribution < 1.29 is 23.9 Å². The van der Waals surface area contributed by atoms with Crippen LogP contribution in [-0.2, 0) is 20.9 Å². The van der Waals surface area contributed by atoms with Gasteiger partial charge in [0.25, 0.3) is 0 Å². The lowest BCUT2D eigenvalue weighted by Crippen LogP contribution is -2.28. The first kappa shape index (κ1) is 20.6. The molecule has 0 bridgehead atoms. The van der Waals surface area contributed by atoms with Gasteiger partial charge in [-0.15, -0.1) is 0 Å². The molecule has 144 valence electrons. The topological polar surface area (TPSA) is 105 Å². The molecule has 0 spiro atoms. The van der Waals surface area contributed by atoms with Crippen molar-refractivity contribution in [2.45, 2.75) is 26.5 Å². The summed E-state index contributed by atoms with van der Waals surface area (Å²) in [5.41, 5.74) is 1.74. The van der Waals surface area contributed by atoms with Gasteiger partial charge in [0.15, 0.2) is 18.5 Å². The van der Waals surface area contributed by atoms with Crippen LogP contribution >= 0.6 is 0 Å². The Morgan fingerprint density at radius 1 is 1.07 bits per heavy atom. The van der Waals surface area contributed by atoms with Crippen LogP contribution in [0.3, 0.4) is 0 Å². The van der Waals surface area contributed by atoms with E-state index < -0.39 is 18.7 Å². The Kier molecular flexibility index (Phi) is 7.28. The van der Waals surface area contributed by atoms with Crippen molar-refractivity contribution in [1.29, 1.82) is 5.26 Å². The SMILES string of the molecule is CC(=O)NCc1ccc(C(=O)COC(=O)[C@@H](C)Oc2ccc(C#N)cc2)cc1. The van der Waals surface area contributed by atoms with E-state index in [0.29, 0.717) is 23.4 Å². The van der Waals surface area contributed by atoms with E-state index in [-0.39, 0.29) is 11.7 Å². The lowest BCUT2D eigenvalue weighted by atomic mass is 10.1. The van der Waals surface area contributed by atoms with Gasteiger partial charge in [0.1, 0.15) is 5.75 Å². The summed E-state index contributed by atoms with van der Waals surface area (Å²) in [5.74, 6) is -0.723. The number of esters is 1. The Labute approximate surface area is 162 Å². The molecule has 7 nitrogen and oxygen atoms in total. The Hall–Kier alpha value is -3.66. The van der Waals surface area contributed by atoms with Crippen LogP contribution in [0.15, 0.2) is 48.5 Å². The van der Waals surface area contributed by atoms with Gasteiger partial charge in [-0.25, -0.2) is 4.79 Å². The van der Waals surface area contributed by atoms with E-state index in [0.717, 1.165) is 5.56 Å². The molecule has 0 fully saturated rings. The van der Waals surface area contributed by atoms with Crippen LogP contribution < -0.4 is 10.1 Å². The molecule has 1 atom stereocenters. The second kappa shape index (κ2) is 9.88. The van der Waals surface area contributed by atoms with Crippen molar-refractivity contribution in [2.24, 2.45) is 0 Å². The highest BCUT2D eigenvalue weighted by molar-refractivity contribution is 5.98. The first-order chi connectivity index (χ1) is 13.4. The molecule has 0 aliphatic heterocycles. The minimum atomic E-state index is -0.902. The van der Waals surface area contributed by atoms with Gasteiger partial charge in [-0.2, -0.15) is 5.26 Å². The summed E-state index contributed by atoms with van der Waals surface area (Å²) in [5, 5.41) is 11.4. The number of amides is 1. The highest BCUT2D eigenvalue weighted by Gasteiger charge is 2.18. The van der Waals surface area contributed by atoms with E-state index in [2.05, 4.69) is 5.32 Å². The summed E-state index contributed by atoms with van der Waals surface area (Å²) in [4.78, 5) is 35.1. The van der Waals surface area contributed by atoms with Crippen LogP contribution in [0.5, 0.6) is 5.75 Å². The van der Waals surface area contributed by atoms with E-state index in [1.807, 2.05) is 6.07 Å². The molecule has 0 unspecified atom stereocenters. The predicted octanol–water partition coefficient (Wildman–Crippen LogP) is 2.39. The van der Waals surface area contributed by atoms with Gasteiger partial charge < -0.3 is 14.8 Å². The zero-order valence-electron chi connectivity index (χ0n) is 15.6. The summed E-state index contributed by atoms with van der Waals surface area (Å²) in [6, 6.07) is 15.0. The molecule has 0 aliphatic carbocycles. The number of benzene rings is 2. The number of nitriles is 1. The molecule has 0 saturated heterocycles. The van der Waals surface area contributed by atoms with Crippen LogP contribution in [0.1, 0.15) is 35.3 Å². The zero-order chi connectivity index (χ0) is 20.5. The highest BCUT2D eigenvalue weighted by atomic mass is 16.6. The molecule has 0 saturated carbocycles. The largest absolute Gasteiger partial charge is 0.479 e. The minimum Gasteiger partial charge on any atom is -0.479 e. The summed E-state index contributed by atoms with van der Waals surface area (Å²) >= 11 is 0. The summed E-state index contributed by atoms with van der Waals surface area (Å²) in [7, 11) is 0. The van der Waals surface area contributed by atoms with Crippen molar-refractivity contribution >= 4 is 17.7 Å². The minimum absolute atomic E-state index is 0.135. The van der Waals surface area contributed by atoms with Gasteiger partial charge in [-0.05, 0) is 36.8 Å². The van der Waals surface area contributed by atoms with Gasteiger partial charge in [0, 0.05) is 19.0 Å². The maximum atomic E-state index is 12.2. The Morgan fingerprint density at radius 3 is 2.29 bits per heavy atom. The first-order valence-corrected chi connectivity index (χ1v) is 8.59. The van der Waals surface area contributed by atoms with Crippen LogP contribution in [0.2, 0.25) is 0 Å². The number of nitrogens with zero attached hydrogens (tertiary/aromatic N) is 1. The second-order valence-corrected chi connectivity index (χ2v) is 6.03. The monoisotopic (exact) mass is 380 g/mol. The van der Waals surface area contributed by atoms with Gasteiger partial charge in [0.2, 0.25) is 5.91 Å². The van der Waals surface area contributed by atoms with Gasteiger partial charge in [-0.3, -0.25) is 9.59 Å². The van der Waals surface area contributed by atoms with E-state index in [4.69, 9.17) is 14.7 Å². The van der Waals surface area contributed by atoms with E-state index in [9.17, 15) is 14.4 Å². The lowest BCUT2D eigenvalue weighted by Gasteiger charge is -2.13. The number of ether oxygens (including phenoxy) is 2. The third-order valence-corrected chi connectivity index (χ3v) is 3.79. The molecule has 1 N–H and O–H groups in total. The third kappa shape index (κ3) is 6.25. The number of Topliss-reactive ketones (excluding diaryl/α,β-unsaturated/α-hetero) is 1. The molecule has 0 aliphatic rings. The van der Waals surface area contributed by atoms with Crippen LogP contribution in [0.4, 0.5) is 0 Å². The van der Waals surface area contributed by atoms with Crippen molar-refractivity contribution in [1.82, 2.24) is 5.32 Å². The van der Waals surface area contributed by atoms with Crippen LogP contribution in [0, 0.1) is 11.3 Å². The standard InChI is InChI=1S/C21H20N2O5/c1-14(28-19-9-5-16(11-22)6-10-19)21(26)27-13-20(25)18-7-3-17(4-8-18)12-23-15(2)24/h3-10,14H,12-13H2,1-2H3,(H,23,24)/t14-/m1/s1. The van der Waals surface area contributed by atoms with Gasteiger partial charge in [-0.1, -0.05) is 24.3 Å². The zero-order valence-corrected chi connectivity index (χ0v) is 15.6. The van der Waals surface area contributed by atoms with Gasteiger partial charge in [0.05, 0.1) is 11.6 Å². The number of rotatable bonds is 8. The normalized spacial score (nSPS) is 11.0. The molecular formula is C21H20N2O5. The molecular weight excluding hydrogens is 360 g/mol. The highest BCUT2D eigenvalue weighted by Crippen LogP contribution is 2.14. The summed E-state index contributed by atoms with van der Waals surface area (Å²) in [6.45, 7) is 2.92. The molecule has 0 radical (unpaired) electrons. The van der Waals surface area contributed by atoms with Crippen molar-refractivity contribution in [3.05, 3.63) is 65.2 Å². The van der Waals surface area contributed by atoms with E-state index >= 15 is 0 Å². The average molecular weight is 380 g/mol. The number of ketones is 1. The third-order valence-electron chi connectivity index (χ3n) is 3.79. The Balaban J connectivity index is 1.82. The van der Waals surface area contributed by atoms with E-state index in [1.54, 1.807) is 48.5 Å². The number of hydrogen-bond acceptors (Lipinski definition) is 6. The van der Waals surface area contributed by atoms with Crippen molar-refractivity contribution in [3.8, 4) is 11.8 Å². The second-order valence-electron chi connectivity index (χ2n) is 6.03. The number of carbonyl (C=O) groups excluding carboxylic acids is 3.